The first-order chi connectivity index (χ1) is 19.3. The topological polar surface area (TPSA) is 138 Å². The molecular formula is C32H42N4O5. The van der Waals surface area contributed by atoms with Gasteiger partial charge in [0.05, 0.1) is 12.8 Å². The maximum absolute atomic E-state index is 13.4. The Kier molecular flexibility index (Phi) is 10.5. The predicted molar refractivity (Wildman–Crippen MR) is 159 cm³/mol. The van der Waals surface area contributed by atoms with Crippen molar-refractivity contribution in [3.8, 4) is 17.1 Å². The van der Waals surface area contributed by atoms with Gasteiger partial charge >= 0.3 is 6.09 Å². The summed E-state index contributed by atoms with van der Waals surface area (Å²) in [5.41, 5.74) is 7.82. The molecule has 5 N–H and O–H groups in total. The quantitative estimate of drug-likeness (QED) is 0.239. The predicted octanol–water partition coefficient (Wildman–Crippen LogP) is 4.48. The number of nitrogens with zero attached hydrogens (tertiary/aromatic N) is 2. The molecule has 2 aromatic carbocycles. The molecule has 9 nitrogen and oxygen atoms in total. The van der Waals surface area contributed by atoms with Crippen LogP contribution in [0.2, 0.25) is 0 Å². The molecule has 0 spiro atoms. The van der Waals surface area contributed by atoms with Crippen molar-refractivity contribution in [3.63, 3.8) is 0 Å². The van der Waals surface area contributed by atoms with Crippen molar-refractivity contribution in [1.82, 2.24) is 15.2 Å². The summed E-state index contributed by atoms with van der Waals surface area (Å²) in [6.45, 7) is 5.37. The number of nitrogens with one attached hydrogen (secondary N) is 1. The van der Waals surface area contributed by atoms with Crippen LogP contribution in [-0.4, -0.2) is 64.1 Å². The van der Waals surface area contributed by atoms with Crippen LogP contribution in [0, 0.1) is 5.41 Å². The summed E-state index contributed by atoms with van der Waals surface area (Å²) in [4.78, 5) is 30.6. The molecule has 41 heavy (non-hydrogen) atoms. The van der Waals surface area contributed by atoms with Crippen molar-refractivity contribution >= 4 is 12.0 Å². The Morgan fingerprint density at radius 2 is 1.66 bits per heavy atom. The molecule has 0 radical (unpaired) electrons. The van der Waals surface area contributed by atoms with E-state index in [1.807, 2.05) is 66.7 Å². The van der Waals surface area contributed by atoms with Crippen molar-refractivity contribution in [2.75, 3.05) is 14.2 Å². The molecule has 3 rings (SSSR count). The minimum atomic E-state index is -1.62. The van der Waals surface area contributed by atoms with Crippen LogP contribution in [0.3, 0.4) is 0 Å². The third-order valence-corrected chi connectivity index (χ3v) is 7.06. The lowest BCUT2D eigenvalue weighted by atomic mass is 9.84. The van der Waals surface area contributed by atoms with E-state index in [2.05, 4.69) is 10.3 Å². The minimum Gasteiger partial charge on any atom is -0.481 e. The van der Waals surface area contributed by atoms with Crippen LogP contribution in [0.1, 0.15) is 44.7 Å². The molecule has 1 aromatic heterocycles. The average Bonchev–Trinajstić information content (AvgIpc) is 2.92. The highest BCUT2D eigenvalue weighted by molar-refractivity contribution is 5.86. The van der Waals surface area contributed by atoms with E-state index in [0.717, 1.165) is 27.3 Å². The Bertz CT molecular complexity index is 1290. The van der Waals surface area contributed by atoms with Crippen molar-refractivity contribution in [3.05, 3.63) is 83.9 Å². The lowest BCUT2D eigenvalue weighted by Gasteiger charge is -2.38. The third kappa shape index (κ3) is 9.03. The first kappa shape index (κ1) is 31.6. The van der Waals surface area contributed by atoms with Gasteiger partial charge in [-0.1, -0.05) is 81.4 Å². The molecule has 0 fully saturated rings. The summed E-state index contributed by atoms with van der Waals surface area (Å²) < 4.78 is 5.22. The number of ether oxygens (including phenoxy) is 1. The minimum absolute atomic E-state index is 0.155. The Labute approximate surface area is 242 Å². The summed E-state index contributed by atoms with van der Waals surface area (Å²) in [5.74, 6) is -0.0109. The van der Waals surface area contributed by atoms with Crippen LogP contribution in [0.5, 0.6) is 5.88 Å². The largest absolute Gasteiger partial charge is 0.481 e. The molecule has 2 amide bonds. The van der Waals surface area contributed by atoms with E-state index in [1.165, 1.54) is 7.05 Å². The van der Waals surface area contributed by atoms with Crippen LogP contribution in [0.25, 0.3) is 11.3 Å². The van der Waals surface area contributed by atoms with Gasteiger partial charge in [0, 0.05) is 31.1 Å². The lowest BCUT2D eigenvalue weighted by Crippen LogP contribution is -2.60. The van der Waals surface area contributed by atoms with Gasteiger partial charge in [-0.05, 0) is 41.9 Å². The van der Waals surface area contributed by atoms with Gasteiger partial charge in [-0.15, -0.1) is 0 Å². The fourth-order valence-electron chi connectivity index (χ4n) is 5.02. The van der Waals surface area contributed by atoms with Crippen molar-refractivity contribution in [1.29, 1.82) is 0 Å². The molecule has 220 valence electrons. The molecule has 0 saturated heterocycles. The number of carbonyl (C=O) groups excluding carboxylic acids is 1. The SMILES string of the molecule is COc1cccc(-c2ccc(C[C@@H](N)CC[C@@](O)(Cc3ccccc3)NC(=O)[C@@H](N(C)C(=O)O)C(C)(C)C)cc2)n1. The van der Waals surface area contributed by atoms with Gasteiger partial charge in [0.25, 0.3) is 0 Å². The van der Waals surface area contributed by atoms with Gasteiger partial charge in [0.2, 0.25) is 11.8 Å². The standard InChI is InChI=1S/C32H42N4O5/c1-31(2,3)28(36(4)30(38)39)29(37)35-32(40,21-23-10-7-6-8-11-23)19-18-25(33)20-22-14-16-24(17-15-22)26-12-9-13-27(34-26)41-5/h6-17,25,28,40H,18-21,33H2,1-5H3,(H,35,37)(H,38,39)/t25-,28+,32+/m0/s1. The highest BCUT2D eigenvalue weighted by atomic mass is 16.5. The zero-order chi connectivity index (χ0) is 30.2. The summed E-state index contributed by atoms with van der Waals surface area (Å²) in [5, 5.41) is 24.1. The van der Waals surface area contributed by atoms with E-state index in [9.17, 15) is 19.8 Å². The van der Waals surface area contributed by atoms with Crippen molar-refractivity contribution in [2.45, 2.75) is 64.3 Å². The third-order valence-electron chi connectivity index (χ3n) is 7.06. The van der Waals surface area contributed by atoms with E-state index in [-0.39, 0.29) is 18.9 Å². The number of nitrogens with two attached hydrogens (primary N) is 1. The summed E-state index contributed by atoms with van der Waals surface area (Å²) in [7, 11) is 2.94. The van der Waals surface area contributed by atoms with E-state index in [1.54, 1.807) is 33.9 Å². The second-order valence-electron chi connectivity index (χ2n) is 11.6. The van der Waals surface area contributed by atoms with Crippen LogP contribution in [0.15, 0.2) is 72.8 Å². The normalized spacial score (nSPS) is 14.4. The number of aromatic nitrogens is 1. The summed E-state index contributed by atoms with van der Waals surface area (Å²) in [6.07, 6.45) is 0.128. The molecule has 0 aliphatic rings. The molecule has 1 heterocycles. The molecule has 3 atom stereocenters. The molecule has 0 unspecified atom stereocenters. The van der Waals surface area contributed by atoms with Crippen molar-refractivity contribution in [2.24, 2.45) is 11.1 Å². The van der Waals surface area contributed by atoms with Gasteiger partial charge in [-0.2, -0.15) is 0 Å². The number of benzene rings is 2. The number of carbonyl (C=O) groups is 2. The van der Waals surface area contributed by atoms with Crippen LogP contribution >= 0.6 is 0 Å². The molecule has 0 aliphatic carbocycles. The second kappa shape index (κ2) is 13.6. The number of aliphatic hydroxyl groups is 1. The number of amides is 2. The molecule has 0 saturated carbocycles. The fraction of sp³-hybridized carbons (Fsp3) is 0.406. The zero-order valence-corrected chi connectivity index (χ0v) is 24.5. The van der Waals surface area contributed by atoms with Gasteiger partial charge in [0.1, 0.15) is 11.8 Å². The van der Waals surface area contributed by atoms with E-state index < -0.39 is 29.2 Å². The van der Waals surface area contributed by atoms with E-state index in [0.29, 0.717) is 18.7 Å². The van der Waals surface area contributed by atoms with Crippen LogP contribution in [0.4, 0.5) is 4.79 Å². The maximum Gasteiger partial charge on any atom is 0.407 e. The van der Waals surface area contributed by atoms with Gasteiger partial charge in [0.15, 0.2) is 0 Å². The molecule has 9 heteroatoms. The molecule has 0 aliphatic heterocycles. The first-order valence-electron chi connectivity index (χ1n) is 13.7. The van der Waals surface area contributed by atoms with Crippen molar-refractivity contribution < 1.29 is 24.5 Å². The van der Waals surface area contributed by atoms with Gasteiger partial charge < -0.3 is 26.0 Å². The highest BCUT2D eigenvalue weighted by Gasteiger charge is 2.41. The second-order valence-corrected chi connectivity index (χ2v) is 11.6. The number of pyridine rings is 1. The first-order valence-corrected chi connectivity index (χ1v) is 13.7. The molecular weight excluding hydrogens is 520 g/mol. The zero-order valence-electron chi connectivity index (χ0n) is 24.5. The Morgan fingerprint density at radius 1 is 1.00 bits per heavy atom. The summed E-state index contributed by atoms with van der Waals surface area (Å²) >= 11 is 0. The number of rotatable bonds is 12. The molecule has 3 aromatic rings. The number of likely N-dealkylation sites (N-methyl/N-ethyl adjacent to an activating group) is 1. The Balaban J connectivity index is 1.72. The van der Waals surface area contributed by atoms with E-state index in [4.69, 9.17) is 10.5 Å². The number of hydrogen-bond acceptors (Lipinski definition) is 6. The van der Waals surface area contributed by atoms with Gasteiger partial charge in [-0.3, -0.25) is 9.69 Å². The smallest absolute Gasteiger partial charge is 0.407 e. The molecule has 0 bridgehead atoms. The Morgan fingerprint density at radius 3 is 2.24 bits per heavy atom. The van der Waals surface area contributed by atoms with Crippen LogP contribution < -0.4 is 15.8 Å². The maximum atomic E-state index is 13.4. The highest BCUT2D eigenvalue weighted by Crippen LogP contribution is 2.27. The summed E-state index contributed by atoms with van der Waals surface area (Å²) in [6, 6.07) is 21.7. The average molecular weight is 563 g/mol. The lowest BCUT2D eigenvalue weighted by molar-refractivity contribution is -0.137. The number of hydrogen-bond donors (Lipinski definition) is 4. The number of methoxy groups -OCH3 is 1. The monoisotopic (exact) mass is 562 g/mol. The fourth-order valence-corrected chi connectivity index (χ4v) is 5.02. The van der Waals surface area contributed by atoms with E-state index >= 15 is 0 Å². The van der Waals surface area contributed by atoms with Crippen LogP contribution in [-0.2, 0) is 17.6 Å². The van der Waals surface area contributed by atoms with Gasteiger partial charge in [-0.25, -0.2) is 9.78 Å². The number of carboxylic acid groups (broad SMARTS) is 1. The Hall–Kier alpha value is -3.95.